The van der Waals surface area contributed by atoms with Gasteiger partial charge in [0.2, 0.25) is 5.82 Å². The van der Waals surface area contributed by atoms with Crippen LogP contribution < -0.4 is 10.2 Å². The van der Waals surface area contributed by atoms with Gasteiger partial charge in [0.05, 0.1) is 0 Å². The van der Waals surface area contributed by atoms with Crippen molar-refractivity contribution in [3.8, 4) is 11.4 Å². The maximum atomic E-state index is 12.3. The molecular weight excluding hydrogens is 392 g/mol. The summed E-state index contributed by atoms with van der Waals surface area (Å²) in [5, 5.41) is 6.71. The van der Waals surface area contributed by atoms with Gasteiger partial charge in [0.25, 0.3) is 0 Å². The molecule has 4 rings (SSSR count). The van der Waals surface area contributed by atoms with E-state index in [2.05, 4.69) is 62.3 Å². The SMILES string of the molecule is Cc1cc(C)cc(N2CCN(CCCNC(=O)c3nc(-c4cccnc4)no3)CC2)c1. The van der Waals surface area contributed by atoms with Crippen LogP contribution in [0.4, 0.5) is 5.69 Å². The van der Waals surface area contributed by atoms with E-state index in [1.165, 1.54) is 16.8 Å². The molecule has 0 radical (unpaired) electrons. The number of nitrogens with zero attached hydrogens (tertiary/aromatic N) is 5. The molecule has 0 unspecified atom stereocenters. The maximum Gasteiger partial charge on any atom is 0.316 e. The average Bonchev–Trinajstić information content (AvgIpc) is 3.27. The van der Waals surface area contributed by atoms with Gasteiger partial charge in [-0.05, 0) is 62.2 Å². The van der Waals surface area contributed by atoms with Crippen molar-refractivity contribution in [2.45, 2.75) is 20.3 Å². The number of anilines is 1. The Morgan fingerprint density at radius 2 is 1.90 bits per heavy atom. The van der Waals surface area contributed by atoms with Gasteiger partial charge >= 0.3 is 11.8 Å². The topological polar surface area (TPSA) is 87.4 Å². The number of benzene rings is 1. The van der Waals surface area contributed by atoms with E-state index >= 15 is 0 Å². The number of rotatable bonds is 7. The lowest BCUT2D eigenvalue weighted by molar-refractivity contribution is 0.0907. The Balaban J connectivity index is 1.18. The largest absolute Gasteiger partial charge is 0.369 e. The highest BCUT2D eigenvalue weighted by molar-refractivity contribution is 5.89. The molecule has 8 heteroatoms. The standard InChI is InChI=1S/C23H28N6O2/c1-17-13-18(2)15-20(14-17)29-11-9-28(10-12-29)8-4-7-25-22(30)23-26-21(27-31-23)19-5-3-6-24-16-19/h3,5-6,13-16H,4,7-12H2,1-2H3,(H,25,30). The molecule has 0 saturated carbocycles. The van der Waals surface area contributed by atoms with Gasteiger partial charge in [-0.25, -0.2) is 0 Å². The Hall–Kier alpha value is -3.26. The Morgan fingerprint density at radius 3 is 2.61 bits per heavy atom. The molecule has 8 nitrogen and oxygen atoms in total. The monoisotopic (exact) mass is 420 g/mol. The second-order valence-corrected chi connectivity index (χ2v) is 7.95. The summed E-state index contributed by atoms with van der Waals surface area (Å²) < 4.78 is 5.08. The van der Waals surface area contributed by atoms with E-state index in [1.807, 2.05) is 6.07 Å². The van der Waals surface area contributed by atoms with Crippen LogP contribution in [0.5, 0.6) is 0 Å². The fourth-order valence-corrected chi connectivity index (χ4v) is 3.87. The third-order valence-corrected chi connectivity index (χ3v) is 5.42. The van der Waals surface area contributed by atoms with Gasteiger partial charge in [-0.1, -0.05) is 11.2 Å². The third kappa shape index (κ3) is 5.46. The summed E-state index contributed by atoms with van der Waals surface area (Å²) in [5.74, 6) is -0.0110. The summed E-state index contributed by atoms with van der Waals surface area (Å²) in [6.07, 6.45) is 4.17. The minimum absolute atomic E-state index is 0.0269. The Morgan fingerprint density at radius 1 is 1.13 bits per heavy atom. The molecule has 1 aliphatic heterocycles. The first-order valence-electron chi connectivity index (χ1n) is 10.7. The zero-order valence-electron chi connectivity index (χ0n) is 18.0. The number of aryl methyl sites for hydroxylation is 2. The summed E-state index contributed by atoms with van der Waals surface area (Å²) in [6, 6.07) is 10.3. The molecule has 0 atom stereocenters. The highest BCUT2D eigenvalue weighted by Crippen LogP contribution is 2.20. The Kier molecular flexibility index (Phi) is 6.57. The van der Waals surface area contributed by atoms with Gasteiger partial charge in [0.15, 0.2) is 0 Å². The zero-order chi connectivity index (χ0) is 21.6. The number of piperazine rings is 1. The van der Waals surface area contributed by atoms with Crippen molar-refractivity contribution in [1.82, 2.24) is 25.3 Å². The quantitative estimate of drug-likeness (QED) is 0.588. The zero-order valence-corrected chi connectivity index (χ0v) is 18.0. The molecule has 0 bridgehead atoms. The molecule has 0 spiro atoms. The van der Waals surface area contributed by atoms with Crippen LogP contribution in [-0.4, -0.2) is 65.2 Å². The van der Waals surface area contributed by atoms with Gasteiger partial charge in [0, 0.05) is 56.4 Å². The van der Waals surface area contributed by atoms with Gasteiger partial charge in [-0.3, -0.25) is 14.7 Å². The number of amides is 1. The van der Waals surface area contributed by atoms with Crippen LogP contribution in [0.25, 0.3) is 11.4 Å². The molecule has 1 aromatic carbocycles. The van der Waals surface area contributed by atoms with E-state index in [9.17, 15) is 4.79 Å². The highest BCUT2D eigenvalue weighted by atomic mass is 16.5. The molecule has 1 saturated heterocycles. The van der Waals surface area contributed by atoms with E-state index in [0.29, 0.717) is 17.9 Å². The number of carbonyl (C=O) groups is 1. The van der Waals surface area contributed by atoms with Crippen molar-refractivity contribution in [2.75, 3.05) is 44.2 Å². The van der Waals surface area contributed by atoms with E-state index in [4.69, 9.17) is 4.52 Å². The molecule has 162 valence electrons. The van der Waals surface area contributed by atoms with Crippen molar-refractivity contribution in [1.29, 1.82) is 0 Å². The minimum atomic E-state index is -0.345. The lowest BCUT2D eigenvalue weighted by Gasteiger charge is -2.36. The maximum absolute atomic E-state index is 12.3. The van der Waals surface area contributed by atoms with Crippen LogP contribution in [0.1, 0.15) is 28.2 Å². The normalized spacial score (nSPS) is 14.6. The molecule has 3 heterocycles. The van der Waals surface area contributed by atoms with Crippen LogP contribution >= 0.6 is 0 Å². The van der Waals surface area contributed by atoms with Crippen LogP contribution in [0.3, 0.4) is 0 Å². The van der Waals surface area contributed by atoms with E-state index < -0.39 is 0 Å². The van der Waals surface area contributed by atoms with Crippen molar-refractivity contribution in [3.05, 3.63) is 59.7 Å². The summed E-state index contributed by atoms with van der Waals surface area (Å²) in [7, 11) is 0. The average molecular weight is 421 g/mol. The van der Waals surface area contributed by atoms with Crippen molar-refractivity contribution < 1.29 is 9.32 Å². The van der Waals surface area contributed by atoms with Crippen molar-refractivity contribution >= 4 is 11.6 Å². The fraction of sp³-hybridized carbons (Fsp3) is 0.391. The van der Waals surface area contributed by atoms with E-state index in [0.717, 1.165) is 39.1 Å². The van der Waals surface area contributed by atoms with Gasteiger partial charge in [-0.2, -0.15) is 4.98 Å². The molecule has 2 aromatic heterocycles. The van der Waals surface area contributed by atoms with Gasteiger partial charge in [-0.15, -0.1) is 0 Å². The summed E-state index contributed by atoms with van der Waals surface area (Å²) in [6.45, 7) is 9.91. The fourth-order valence-electron chi connectivity index (χ4n) is 3.87. The van der Waals surface area contributed by atoms with Gasteiger partial charge < -0.3 is 14.7 Å². The molecular formula is C23H28N6O2. The number of pyridine rings is 1. The van der Waals surface area contributed by atoms with Crippen molar-refractivity contribution in [2.24, 2.45) is 0 Å². The lowest BCUT2D eigenvalue weighted by atomic mass is 10.1. The molecule has 1 fully saturated rings. The smallest absolute Gasteiger partial charge is 0.316 e. The second kappa shape index (κ2) is 9.70. The Bertz CT molecular complexity index is 992. The molecule has 1 aliphatic rings. The number of aromatic nitrogens is 3. The van der Waals surface area contributed by atoms with Crippen LogP contribution in [0.15, 0.2) is 47.2 Å². The van der Waals surface area contributed by atoms with Crippen molar-refractivity contribution in [3.63, 3.8) is 0 Å². The molecule has 1 amide bonds. The third-order valence-electron chi connectivity index (χ3n) is 5.42. The summed E-state index contributed by atoms with van der Waals surface area (Å²) >= 11 is 0. The predicted octanol–water partition coefficient (Wildman–Crippen LogP) is 2.69. The first-order chi connectivity index (χ1) is 15.1. The molecule has 31 heavy (non-hydrogen) atoms. The number of hydrogen-bond acceptors (Lipinski definition) is 7. The first-order valence-corrected chi connectivity index (χ1v) is 10.7. The number of nitrogens with one attached hydrogen (secondary N) is 1. The lowest BCUT2D eigenvalue weighted by Crippen LogP contribution is -2.47. The van der Waals surface area contributed by atoms with E-state index in [-0.39, 0.29) is 11.8 Å². The summed E-state index contributed by atoms with van der Waals surface area (Å²) in [4.78, 5) is 25.3. The highest BCUT2D eigenvalue weighted by Gasteiger charge is 2.18. The number of carbonyl (C=O) groups excluding carboxylic acids is 1. The van der Waals surface area contributed by atoms with Crippen LogP contribution in [0, 0.1) is 13.8 Å². The van der Waals surface area contributed by atoms with Crippen LogP contribution in [-0.2, 0) is 0 Å². The predicted molar refractivity (Wildman–Crippen MR) is 119 cm³/mol. The minimum Gasteiger partial charge on any atom is -0.369 e. The molecule has 3 aromatic rings. The number of hydrogen-bond donors (Lipinski definition) is 1. The Labute approximate surface area is 182 Å². The second-order valence-electron chi connectivity index (χ2n) is 7.95. The van der Waals surface area contributed by atoms with Gasteiger partial charge in [0.1, 0.15) is 0 Å². The molecule has 0 aliphatic carbocycles. The summed E-state index contributed by atoms with van der Waals surface area (Å²) in [5.41, 5.74) is 4.64. The van der Waals surface area contributed by atoms with Crippen LogP contribution in [0.2, 0.25) is 0 Å². The molecule has 1 N–H and O–H groups in total. The van der Waals surface area contributed by atoms with E-state index in [1.54, 1.807) is 18.5 Å². The first kappa shape index (κ1) is 21.0.